The third-order valence-electron chi connectivity index (χ3n) is 6.27. The van der Waals surface area contributed by atoms with Crippen LogP contribution in [0.1, 0.15) is 34.7 Å². The minimum absolute atomic E-state index is 0.110. The number of anilines is 1. The highest BCUT2D eigenvalue weighted by molar-refractivity contribution is 6.16. The van der Waals surface area contributed by atoms with Crippen LogP contribution < -0.4 is 4.90 Å². The predicted molar refractivity (Wildman–Crippen MR) is 133 cm³/mol. The number of benzene rings is 3. The van der Waals surface area contributed by atoms with Crippen molar-refractivity contribution >= 4 is 23.3 Å². The molecule has 0 aromatic heterocycles. The first-order valence-electron chi connectivity index (χ1n) is 11.5. The minimum atomic E-state index is -0.751. The number of rotatable bonds is 8. The molecule has 0 radical (unpaired) electrons. The van der Waals surface area contributed by atoms with Crippen LogP contribution in [-0.4, -0.2) is 29.9 Å². The largest absolute Gasteiger partial charge is 0.503 e. The molecule has 0 aliphatic carbocycles. The van der Waals surface area contributed by atoms with Crippen molar-refractivity contribution in [1.82, 2.24) is 0 Å². The second-order valence-corrected chi connectivity index (χ2v) is 8.52. The van der Waals surface area contributed by atoms with Crippen LogP contribution in [0.25, 0.3) is 0 Å². The van der Waals surface area contributed by atoms with Crippen LogP contribution in [0.5, 0.6) is 0 Å². The van der Waals surface area contributed by atoms with Crippen molar-refractivity contribution in [3.8, 4) is 0 Å². The molecule has 0 saturated heterocycles. The second-order valence-electron chi connectivity index (χ2n) is 8.52. The number of nitrogens with zero attached hydrogens (tertiary/aromatic N) is 1. The monoisotopic (exact) mass is 469 g/mol. The van der Waals surface area contributed by atoms with E-state index in [1.54, 1.807) is 24.3 Å². The van der Waals surface area contributed by atoms with Crippen molar-refractivity contribution in [3.63, 3.8) is 0 Å². The Kier molecular flexibility index (Phi) is 7.11. The fraction of sp³-hybridized carbons (Fsp3) is 0.207. The number of carbonyl (C=O) groups is 3. The lowest BCUT2D eigenvalue weighted by atomic mass is 9.90. The smallest absolute Gasteiger partial charge is 0.309 e. The molecule has 1 aliphatic heterocycles. The Labute approximate surface area is 204 Å². The van der Waals surface area contributed by atoms with Gasteiger partial charge in [0, 0.05) is 12.1 Å². The summed E-state index contributed by atoms with van der Waals surface area (Å²) >= 11 is 0. The number of ketones is 1. The van der Waals surface area contributed by atoms with Gasteiger partial charge in [-0.1, -0.05) is 66.7 Å². The van der Waals surface area contributed by atoms with E-state index in [0.29, 0.717) is 12.1 Å². The number of methoxy groups -OCH3 is 1. The number of amides is 1. The molecular formula is C29H27NO5. The summed E-state index contributed by atoms with van der Waals surface area (Å²) in [7, 11) is 1.33. The molecule has 1 amide bonds. The van der Waals surface area contributed by atoms with Crippen LogP contribution in [-0.2, 0) is 32.0 Å². The van der Waals surface area contributed by atoms with Crippen LogP contribution in [0, 0.1) is 6.92 Å². The van der Waals surface area contributed by atoms with Gasteiger partial charge in [-0.2, -0.15) is 0 Å². The van der Waals surface area contributed by atoms with E-state index in [4.69, 9.17) is 4.74 Å². The summed E-state index contributed by atoms with van der Waals surface area (Å²) in [4.78, 5) is 39.8. The van der Waals surface area contributed by atoms with E-state index in [-0.39, 0.29) is 30.2 Å². The highest BCUT2D eigenvalue weighted by Crippen LogP contribution is 2.42. The molecule has 0 fully saturated rings. The number of aliphatic hydroxyl groups excluding tert-OH is 1. The molecular weight excluding hydrogens is 442 g/mol. The van der Waals surface area contributed by atoms with E-state index in [1.165, 1.54) is 12.0 Å². The minimum Gasteiger partial charge on any atom is -0.503 e. The van der Waals surface area contributed by atoms with Crippen molar-refractivity contribution < 1.29 is 24.2 Å². The number of hydrogen-bond donors (Lipinski definition) is 1. The second kappa shape index (κ2) is 10.4. The third kappa shape index (κ3) is 5.01. The Balaban J connectivity index is 1.69. The fourth-order valence-electron chi connectivity index (χ4n) is 4.39. The number of Topliss-reactive ketones (excluding diaryl/α,β-unsaturated/α-hetero) is 1. The van der Waals surface area contributed by atoms with Crippen molar-refractivity contribution in [2.24, 2.45) is 0 Å². The van der Waals surface area contributed by atoms with E-state index in [1.807, 2.05) is 61.5 Å². The van der Waals surface area contributed by atoms with Gasteiger partial charge < -0.3 is 9.84 Å². The molecule has 1 unspecified atom stereocenters. The Morgan fingerprint density at radius 1 is 0.914 bits per heavy atom. The number of aryl methyl sites for hydroxylation is 2. The zero-order chi connectivity index (χ0) is 24.9. The van der Waals surface area contributed by atoms with Crippen molar-refractivity contribution in [3.05, 3.63) is 112 Å². The summed E-state index contributed by atoms with van der Waals surface area (Å²) in [6, 6.07) is 23.3. The molecule has 6 heteroatoms. The Morgan fingerprint density at radius 2 is 1.57 bits per heavy atom. The van der Waals surface area contributed by atoms with Crippen molar-refractivity contribution in [1.29, 1.82) is 0 Å². The van der Waals surface area contributed by atoms with Gasteiger partial charge in [0.25, 0.3) is 5.91 Å². The van der Waals surface area contributed by atoms with E-state index in [9.17, 15) is 19.5 Å². The lowest BCUT2D eigenvalue weighted by molar-refractivity contribution is -0.139. The summed E-state index contributed by atoms with van der Waals surface area (Å²) in [6.45, 7) is 1.92. The predicted octanol–water partition coefficient (Wildman–Crippen LogP) is 4.81. The van der Waals surface area contributed by atoms with Gasteiger partial charge in [0.15, 0.2) is 11.5 Å². The molecule has 0 saturated carbocycles. The average molecular weight is 470 g/mol. The topological polar surface area (TPSA) is 83.9 Å². The fourth-order valence-corrected chi connectivity index (χ4v) is 4.39. The van der Waals surface area contributed by atoms with Gasteiger partial charge in [-0.25, -0.2) is 0 Å². The molecule has 3 aromatic carbocycles. The molecule has 1 N–H and O–H groups in total. The molecule has 4 rings (SSSR count). The Bertz CT molecular complexity index is 1280. The standard InChI is InChI=1S/C29H27NO5/c1-19-8-6-7-11-23(19)27-26(24(31)17-14-20-9-4-3-5-10-20)28(33)29(34)30(27)22-15-12-21(13-16-22)18-25(32)35-2/h3-13,15-16,27,33H,14,17-18H2,1-2H3. The first kappa shape index (κ1) is 24.0. The number of hydrogen-bond acceptors (Lipinski definition) is 5. The molecule has 6 nitrogen and oxygen atoms in total. The summed E-state index contributed by atoms with van der Waals surface area (Å²) in [5.41, 5.74) is 4.05. The van der Waals surface area contributed by atoms with Crippen LogP contribution >= 0.6 is 0 Å². The van der Waals surface area contributed by atoms with Crippen LogP contribution in [0.3, 0.4) is 0 Å². The summed E-state index contributed by atoms with van der Waals surface area (Å²) in [6.07, 6.45) is 0.789. The van der Waals surface area contributed by atoms with E-state index in [0.717, 1.165) is 22.3 Å². The van der Waals surface area contributed by atoms with Gasteiger partial charge >= 0.3 is 5.97 Å². The van der Waals surface area contributed by atoms with Gasteiger partial charge in [-0.05, 0) is 47.7 Å². The number of carbonyl (C=O) groups excluding carboxylic acids is 3. The molecule has 0 spiro atoms. The molecule has 0 bridgehead atoms. The highest BCUT2D eigenvalue weighted by Gasteiger charge is 2.44. The van der Waals surface area contributed by atoms with Gasteiger partial charge in [0.05, 0.1) is 25.1 Å². The Hall–Kier alpha value is -4.19. The van der Waals surface area contributed by atoms with E-state index < -0.39 is 17.7 Å². The summed E-state index contributed by atoms with van der Waals surface area (Å²) in [5, 5.41) is 10.9. The third-order valence-corrected chi connectivity index (χ3v) is 6.27. The first-order chi connectivity index (χ1) is 16.9. The lowest BCUT2D eigenvalue weighted by Crippen LogP contribution is -2.31. The first-order valence-corrected chi connectivity index (χ1v) is 11.5. The van der Waals surface area contributed by atoms with Crippen molar-refractivity contribution in [2.75, 3.05) is 12.0 Å². The maximum absolute atomic E-state index is 13.4. The van der Waals surface area contributed by atoms with Gasteiger partial charge in [0.2, 0.25) is 0 Å². The van der Waals surface area contributed by atoms with Gasteiger partial charge in [0.1, 0.15) is 0 Å². The maximum Gasteiger partial charge on any atom is 0.309 e. The molecule has 1 heterocycles. The zero-order valence-corrected chi connectivity index (χ0v) is 19.7. The summed E-state index contributed by atoms with van der Waals surface area (Å²) in [5.74, 6) is -1.77. The van der Waals surface area contributed by atoms with Gasteiger partial charge in [-0.3, -0.25) is 19.3 Å². The van der Waals surface area contributed by atoms with E-state index >= 15 is 0 Å². The lowest BCUT2D eigenvalue weighted by Gasteiger charge is -2.28. The molecule has 3 aromatic rings. The molecule has 178 valence electrons. The van der Waals surface area contributed by atoms with Crippen LogP contribution in [0.15, 0.2) is 90.2 Å². The summed E-state index contributed by atoms with van der Waals surface area (Å²) < 4.78 is 4.72. The number of ether oxygens (including phenoxy) is 1. The average Bonchev–Trinajstić information content (AvgIpc) is 3.14. The van der Waals surface area contributed by atoms with Crippen LogP contribution in [0.4, 0.5) is 5.69 Å². The molecule has 35 heavy (non-hydrogen) atoms. The molecule has 1 atom stereocenters. The van der Waals surface area contributed by atoms with Crippen molar-refractivity contribution in [2.45, 2.75) is 32.2 Å². The molecule has 1 aliphatic rings. The van der Waals surface area contributed by atoms with E-state index in [2.05, 4.69) is 0 Å². The Morgan fingerprint density at radius 3 is 2.23 bits per heavy atom. The number of esters is 1. The zero-order valence-electron chi connectivity index (χ0n) is 19.7. The normalized spacial score (nSPS) is 15.4. The number of aliphatic hydroxyl groups is 1. The quantitative estimate of drug-likeness (QED) is 0.479. The SMILES string of the molecule is COC(=O)Cc1ccc(N2C(=O)C(O)=C(C(=O)CCc3ccccc3)C2c2ccccc2C)cc1. The maximum atomic E-state index is 13.4. The van der Waals surface area contributed by atoms with Crippen LogP contribution in [0.2, 0.25) is 0 Å². The highest BCUT2D eigenvalue weighted by atomic mass is 16.5. The van der Waals surface area contributed by atoms with Gasteiger partial charge in [-0.15, -0.1) is 0 Å².